The molecule has 0 bridgehead atoms. The number of likely N-dealkylation sites (tertiary alicyclic amines) is 1. The molecule has 0 aliphatic carbocycles. The Kier molecular flexibility index (Phi) is 10.8. The third-order valence-electron chi connectivity index (χ3n) is 7.19. The van der Waals surface area contributed by atoms with E-state index in [9.17, 15) is 18.0 Å². The monoisotopic (exact) mass is 535 g/mol. The van der Waals surface area contributed by atoms with Crippen LogP contribution in [-0.4, -0.2) is 67.0 Å². The van der Waals surface area contributed by atoms with Gasteiger partial charge >= 0.3 is 5.51 Å². The summed E-state index contributed by atoms with van der Waals surface area (Å²) in [6.45, 7) is 8.69. The van der Waals surface area contributed by atoms with E-state index >= 15 is 0 Å². The third kappa shape index (κ3) is 9.25. The summed E-state index contributed by atoms with van der Waals surface area (Å²) in [7, 11) is 0. The number of aryl methyl sites for hydroxylation is 1. The Bertz CT molecular complexity index is 973. The van der Waals surface area contributed by atoms with E-state index in [-0.39, 0.29) is 30.0 Å². The average Bonchev–Trinajstić information content (AvgIpc) is 2.85. The highest BCUT2D eigenvalue weighted by molar-refractivity contribution is 8.00. The van der Waals surface area contributed by atoms with Crippen molar-refractivity contribution in [1.82, 2.24) is 9.80 Å². The highest BCUT2D eigenvalue weighted by Gasteiger charge is 2.29. The summed E-state index contributed by atoms with van der Waals surface area (Å²) in [5.41, 5.74) is -0.668. The lowest BCUT2D eigenvalue weighted by Crippen LogP contribution is -2.47. The number of carbonyl (C=O) groups excluding carboxylic acids is 1. The minimum Gasteiger partial charge on any atom is -0.369 e. The molecule has 2 aromatic carbocycles. The molecule has 0 saturated carbocycles. The first kappa shape index (κ1) is 29.4. The van der Waals surface area contributed by atoms with Crippen LogP contribution >= 0.6 is 11.8 Å². The Balaban J connectivity index is 0.00000380. The van der Waals surface area contributed by atoms with Crippen LogP contribution in [0, 0.1) is 12.8 Å². The molecular weight excluding hydrogens is 495 g/mol. The topological polar surface area (TPSA) is 26.8 Å². The Hall–Kier alpha value is -2.19. The third-order valence-corrected chi connectivity index (χ3v) is 7.93. The molecule has 0 aromatic heterocycles. The van der Waals surface area contributed by atoms with Crippen molar-refractivity contribution in [2.45, 2.75) is 56.9 Å². The maximum atomic E-state index is 12.9. The number of anilines is 1. The predicted octanol–water partition coefficient (Wildman–Crippen LogP) is 6.63. The number of piperazine rings is 1. The second-order valence-electron chi connectivity index (χ2n) is 10.0. The Morgan fingerprint density at radius 3 is 2.30 bits per heavy atom. The fraction of sp³-hybridized carbons (Fsp3) is 0.552. The van der Waals surface area contributed by atoms with Gasteiger partial charge in [-0.3, -0.25) is 9.69 Å². The number of halogens is 3. The van der Waals surface area contributed by atoms with E-state index in [1.807, 2.05) is 4.90 Å². The zero-order valence-electron chi connectivity index (χ0n) is 21.0. The molecule has 2 aliphatic rings. The van der Waals surface area contributed by atoms with Gasteiger partial charge in [0.1, 0.15) is 0 Å². The van der Waals surface area contributed by atoms with Crippen LogP contribution in [0.25, 0.3) is 0 Å². The maximum Gasteiger partial charge on any atom is 0.446 e. The quantitative estimate of drug-likeness (QED) is 0.355. The van der Waals surface area contributed by atoms with Crippen LogP contribution in [0.15, 0.2) is 53.4 Å². The highest BCUT2D eigenvalue weighted by atomic mass is 32.2. The Morgan fingerprint density at radius 1 is 0.973 bits per heavy atom. The van der Waals surface area contributed by atoms with Gasteiger partial charge in [-0.15, -0.1) is 0 Å². The zero-order valence-corrected chi connectivity index (χ0v) is 21.8. The van der Waals surface area contributed by atoms with Gasteiger partial charge in [-0.05, 0) is 86.7 Å². The van der Waals surface area contributed by atoms with E-state index in [4.69, 9.17) is 0 Å². The van der Waals surface area contributed by atoms with Crippen molar-refractivity contribution in [3.05, 3.63) is 59.7 Å². The molecule has 2 fully saturated rings. The first-order valence-corrected chi connectivity index (χ1v) is 13.7. The van der Waals surface area contributed by atoms with E-state index in [1.54, 1.807) is 24.3 Å². The summed E-state index contributed by atoms with van der Waals surface area (Å²) in [5.74, 6) is 0.591. The van der Waals surface area contributed by atoms with Crippen LogP contribution in [0.2, 0.25) is 0 Å². The van der Waals surface area contributed by atoms with Gasteiger partial charge in [0.15, 0.2) is 0 Å². The van der Waals surface area contributed by atoms with Gasteiger partial charge in [0.05, 0.1) is 0 Å². The molecule has 4 rings (SSSR count). The average molecular weight is 536 g/mol. The molecule has 2 aromatic rings. The molecular formula is C29H40F3N3OS. The number of piperidine rings is 1. The number of carbonyl (C=O) groups is 1. The molecule has 204 valence electrons. The van der Waals surface area contributed by atoms with Crippen molar-refractivity contribution in [1.29, 1.82) is 0 Å². The summed E-state index contributed by atoms with van der Waals surface area (Å²) in [4.78, 5) is 20.0. The maximum absolute atomic E-state index is 12.9. The molecule has 0 N–H and O–H groups in total. The molecule has 2 aliphatic heterocycles. The van der Waals surface area contributed by atoms with E-state index in [2.05, 4.69) is 41.0 Å². The van der Waals surface area contributed by atoms with Crippen LogP contribution in [0.5, 0.6) is 0 Å². The molecule has 2 heterocycles. The minimum atomic E-state index is -4.26. The molecule has 0 spiro atoms. The van der Waals surface area contributed by atoms with Gasteiger partial charge in [-0.1, -0.05) is 37.3 Å². The van der Waals surface area contributed by atoms with Gasteiger partial charge < -0.3 is 9.80 Å². The fourth-order valence-corrected chi connectivity index (χ4v) is 5.76. The molecule has 4 nitrogen and oxygen atoms in total. The van der Waals surface area contributed by atoms with Crippen molar-refractivity contribution in [2.24, 2.45) is 5.92 Å². The zero-order chi connectivity index (χ0) is 25.5. The predicted molar refractivity (Wildman–Crippen MR) is 147 cm³/mol. The smallest absolute Gasteiger partial charge is 0.369 e. The van der Waals surface area contributed by atoms with Crippen molar-refractivity contribution < 1.29 is 18.0 Å². The molecule has 2 saturated heterocycles. The number of hydrogen-bond acceptors (Lipinski definition) is 4. The standard InChI is InChI=1S/C28H36F3N3OS.CH4/c1-22-6-10-25(11-7-22)33-18-16-32(17-19-33)14-3-5-27(35)34-15-2-4-24(21-34)20-23-8-12-26(13-9-23)36-28(29,30)31;/h6-13,24H,2-5,14-21H2,1H3;1H4/t24-;/m1./s1. The van der Waals surface area contributed by atoms with Gasteiger partial charge in [0.25, 0.3) is 0 Å². The first-order chi connectivity index (χ1) is 17.2. The van der Waals surface area contributed by atoms with Crippen LogP contribution in [0.4, 0.5) is 18.9 Å². The summed E-state index contributed by atoms with van der Waals surface area (Å²) >= 11 is -0.0817. The molecule has 8 heteroatoms. The SMILES string of the molecule is C.Cc1ccc(N2CCN(CCCC(=O)N3CCC[C@H](Cc4ccc(SC(F)(F)F)cc4)C3)CC2)cc1. The number of nitrogens with zero attached hydrogens (tertiary/aromatic N) is 3. The lowest BCUT2D eigenvalue weighted by Gasteiger charge is -2.36. The largest absolute Gasteiger partial charge is 0.446 e. The number of alkyl halides is 3. The van der Waals surface area contributed by atoms with Crippen molar-refractivity contribution in [3.63, 3.8) is 0 Å². The normalized spacial score (nSPS) is 19.0. The molecule has 0 radical (unpaired) electrons. The summed E-state index contributed by atoms with van der Waals surface area (Å²) in [5, 5.41) is 0. The number of benzene rings is 2. The van der Waals surface area contributed by atoms with Crippen molar-refractivity contribution in [3.8, 4) is 0 Å². The van der Waals surface area contributed by atoms with E-state index < -0.39 is 5.51 Å². The van der Waals surface area contributed by atoms with E-state index in [0.29, 0.717) is 12.3 Å². The summed E-state index contributed by atoms with van der Waals surface area (Å²) in [6.07, 6.45) is 4.29. The van der Waals surface area contributed by atoms with Gasteiger partial charge in [0, 0.05) is 56.3 Å². The van der Waals surface area contributed by atoms with Gasteiger partial charge in [0.2, 0.25) is 5.91 Å². The van der Waals surface area contributed by atoms with Crippen LogP contribution in [0.3, 0.4) is 0 Å². The summed E-state index contributed by atoms with van der Waals surface area (Å²) in [6, 6.07) is 15.4. The second kappa shape index (κ2) is 13.6. The van der Waals surface area contributed by atoms with E-state index in [0.717, 1.165) is 77.1 Å². The highest BCUT2D eigenvalue weighted by Crippen LogP contribution is 2.37. The lowest BCUT2D eigenvalue weighted by atomic mass is 9.91. The van der Waals surface area contributed by atoms with Crippen molar-refractivity contribution >= 4 is 23.4 Å². The van der Waals surface area contributed by atoms with Crippen LogP contribution < -0.4 is 4.90 Å². The first-order valence-electron chi connectivity index (χ1n) is 12.9. The lowest BCUT2D eigenvalue weighted by molar-refractivity contribution is -0.133. The summed E-state index contributed by atoms with van der Waals surface area (Å²) < 4.78 is 37.6. The number of amides is 1. The van der Waals surface area contributed by atoms with Gasteiger partial charge in [-0.25, -0.2) is 0 Å². The van der Waals surface area contributed by atoms with Gasteiger partial charge in [-0.2, -0.15) is 13.2 Å². The number of rotatable bonds is 8. The minimum absolute atomic E-state index is 0. The molecule has 1 amide bonds. The van der Waals surface area contributed by atoms with Crippen LogP contribution in [0.1, 0.15) is 44.2 Å². The Morgan fingerprint density at radius 2 is 1.65 bits per heavy atom. The van der Waals surface area contributed by atoms with E-state index in [1.165, 1.54) is 11.3 Å². The number of hydrogen-bond donors (Lipinski definition) is 0. The Labute approximate surface area is 224 Å². The second-order valence-corrected chi connectivity index (χ2v) is 11.2. The van der Waals surface area contributed by atoms with Crippen LogP contribution in [-0.2, 0) is 11.2 Å². The molecule has 1 atom stereocenters. The molecule has 37 heavy (non-hydrogen) atoms. The molecule has 0 unspecified atom stereocenters. The number of thioether (sulfide) groups is 1. The fourth-order valence-electron chi connectivity index (χ4n) is 5.22. The van der Waals surface area contributed by atoms with Crippen molar-refractivity contribution in [2.75, 3.05) is 50.7 Å².